The molecular weight excluding hydrogens is 236 g/mol. The molecule has 0 bridgehead atoms. The molecule has 0 saturated carbocycles. The molecule has 0 radical (unpaired) electrons. The minimum atomic E-state index is -1.57. The largest absolute Gasteiger partial charge is 0.298 e. The summed E-state index contributed by atoms with van der Waals surface area (Å²) in [5.41, 5.74) is 1.70. The van der Waals surface area contributed by atoms with Crippen LogP contribution in [0.4, 0.5) is 0 Å². The third kappa shape index (κ3) is 2.35. The molecule has 2 aromatic rings. The molecule has 0 saturated heterocycles. The van der Waals surface area contributed by atoms with E-state index in [9.17, 15) is 4.21 Å². The minimum absolute atomic E-state index is 0.335. The lowest BCUT2D eigenvalue weighted by Crippen LogP contribution is -2.00. The molecule has 1 aromatic carbocycles. The van der Waals surface area contributed by atoms with Crippen molar-refractivity contribution in [2.75, 3.05) is 7.11 Å². The molecular formula is C12H12N2O2S. The summed E-state index contributed by atoms with van der Waals surface area (Å²) in [5.74, 6) is 0. The molecule has 0 aliphatic carbocycles. The normalized spacial score (nSPS) is 12.3. The summed E-state index contributed by atoms with van der Waals surface area (Å²) in [7, 11) is 1.38. The topological polar surface area (TPSA) is 44.1 Å². The Morgan fingerprint density at radius 1 is 1.41 bits per heavy atom. The van der Waals surface area contributed by atoms with Crippen LogP contribution in [0.3, 0.4) is 0 Å². The first-order valence-corrected chi connectivity index (χ1v) is 6.07. The van der Waals surface area contributed by atoms with Crippen molar-refractivity contribution in [2.24, 2.45) is 0 Å². The lowest BCUT2D eigenvalue weighted by Gasteiger charge is -1.97. The molecule has 0 amide bonds. The van der Waals surface area contributed by atoms with Gasteiger partial charge in [-0.2, -0.15) is 0 Å². The number of rotatable bonds is 4. The van der Waals surface area contributed by atoms with Crippen molar-refractivity contribution in [2.45, 2.75) is 5.16 Å². The standard InChI is InChI=1S/C12H12N2O2S/c1-3-14-9-11(10-7-5-4-6-8-10)13-12(14)17(15)16-2/h3-9H,1H2,2H3. The zero-order valence-electron chi connectivity index (χ0n) is 9.37. The zero-order valence-corrected chi connectivity index (χ0v) is 10.2. The Kier molecular flexibility index (Phi) is 3.51. The van der Waals surface area contributed by atoms with Crippen LogP contribution in [0.15, 0.2) is 48.3 Å². The maximum Gasteiger partial charge on any atom is 0.232 e. The van der Waals surface area contributed by atoms with E-state index in [1.807, 2.05) is 30.3 Å². The van der Waals surface area contributed by atoms with E-state index in [0.717, 1.165) is 11.3 Å². The molecule has 1 aromatic heterocycles. The van der Waals surface area contributed by atoms with Gasteiger partial charge in [-0.25, -0.2) is 9.19 Å². The first-order chi connectivity index (χ1) is 8.26. The van der Waals surface area contributed by atoms with E-state index >= 15 is 0 Å². The Balaban J connectivity index is 2.48. The summed E-state index contributed by atoms with van der Waals surface area (Å²) in [5, 5.41) is 0.335. The van der Waals surface area contributed by atoms with E-state index in [1.54, 1.807) is 17.0 Å². The highest BCUT2D eigenvalue weighted by molar-refractivity contribution is 7.80. The lowest BCUT2D eigenvalue weighted by molar-refractivity contribution is 0.440. The highest BCUT2D eigenvalue weighted by Gasteiger charge is 2.13. The van der Waals surface area contributed by atoms with Crippen molar-refractivity contribution in [3.05, 3.63) is 43.1 Å². The van der Waals surface area contributed by atoms with E-state index in [4.69, 9.17) is 4.18 Å². The van der Waals surface area contributed by atoms with Gasteiger partial charge >= 0.3 is 0 Å². The number of aromatic nitrogens is 2. The summed E-state index contributed by atoms with van der Waals surface area (Å²) >= 11 is -1.57. The molecule has 17 heavy (non-hydrogen) atoms. The Hall–Kier alpha value is -1.72. The second-order valence-electron chi connectivity index (χ2n) is 3.27. The Labute approximate surface area is 102 Å². The van der Waals surface area contributed by atoms with Crippen LogP contribution in [0.5, 0.6) is 0 Å². The van der Waals surface area contributed by atoms with Crippen LogP contribution in [0, 0.1) is 0 Å². The van der Waals surface area contributed by atoms with Crippen LogP contribution < -0.4 is 0 Å². The van der Waals surface area contributed by atoms with Gasteiger partial charge in [0.2, 0.25) is 16.2 Å². The molecule has 1 heterocycles. The van der Waals surface area contributed by atoms with Crippen LogP contribution in [-0.4, -0.2) is 20.9 Å². The van der Waals surface area contributed by atoms with Crippen LogP contribution in [0.1, 0.15) is 0 Å². The van der Waals surface area contributed by atoms with Crippen molar-refractivity contribution < 1.29 is 8.39 Å². The molecule has 0 N–H and O–H groups in total. The Morgan fingerprint density at radius 2 is 2.12 bits per heavy atom. The van der Waals surface area contributed by atoms with E-state index in [0.29, 0.717) is 5.16 Å². The predicted octanol–water partition coefficient (Wildman–Crippen LogP) is 2.32. The maximum absolute atomic E-state index is 11.6. The Morgan fingerprint density at radius 3 is 2.71 bits per heavy atom. The number of hydrogen-bond acceptors (Lipinski definition) is 3. The molecule has 88 valence electrons. The van der Waals surface area contributed by atoms with E-state index < -0.39 is 11.1 Å². The highest BCUT2D eigenvalue weighted by Crippen LogP contribution is 2.20. The summed E-state index contributed by atoms with van der Waals surface area (Å²) in [6.07, 6.45) is 3.32. The second-order valence-corrected chi connectivity index (χ2v) is 4.43. The fraction of sp³-hybridized carbons (Fsp3) is 0.0833. The van der Waals surface area contributed by atoms with Crippen LogP contribution in [-0.2, 0) is 15.3 Å². The smallest absolute Gasteiger partial charge is 0.232 e. The van der Waals surface area contributed by atoms with E-state index in [-0.39, 0.29) is 0 Å². The first-order valence-electron chi connectivity index (χ1n) is 4.99. The molecule has 0 aliphatic heterocycles. The molecule has 1 unspecified atom stereocenters. The minimum Gasteiger partial charge on any atom is -0.298 e. The molecule has 0 spiro atoms. The van der Waals surface area contributed by atoms with E-state index in [1.165, 1.54) is 7.11 Å². The van der Waals surface area contributed by atoms with Crippen molar-refractivity contribution in [3.8, 4) is 11.3 Å². The molecule has 5 heteroatoms. The summed E-state index contributed by atoms with van der Waals surface area (Å²) < 4.78 is 18.0. The van der Waals surface area contributed by atoms with Crippen LogP contribution in [0.25, 0.3) is 17.5 Å². The molecule has 0 aliphatic rings. The number of nitrogens with zero attached hydrogens (tertiary/aromatic N) is 2. The van der Waals surface area contributed by atoms with Gasteiger partial charge in [0.05, 0.1) is 12.8 Å². The molecule has 1 atom stereocenters. The average Bonchev–Trinajstić information content (AvgIpc) is 2.83. The van der Waals surface area contributed by atoms with E-state index in [2.05, 4.69) is 11.6 Å². The van der Waals surface area contributed by atoms with Crippen molar-refractivity contribution in [1.82, 2.24) is 9.55 Å². The number of imidazole rings is 1. The predicted molar refractivity (Wildman–Crippen MR) is 67.5 cm³/mol. The van der Waals surface area contributed by atoms with Gasteiger partial charge in [0.25, 0.3) is 0 Å². The monoisotopic (exact) mass is 248 g/mol. The van der Waals surface area contributed by atoms with Gasteiger partial charge in [-0.1, -0.05) is 36.9 Å². The van der Waals surface area contributed by atoms with Gasteiger partial charge in [-0.05, 0) is 0 Å². The third-order valence-electron chi connectivity index (χ3n) is 2.27. The van der Waals surface area contributed by atoms with Gasteiger partial charge in [0.15, 0.2) is 0 Å². The van der Waals surface area contributed by atoms with Gasteiger partial charge in [0.1, 0.15) is 0 Å². The van der Waals surface area contributed by atoms with Crippen LogP contribution in [0.2, 0.25) is 0 Å². The second kappa shape index (κ2) is 5.07. The third-order valence-corrected chi connectivity index (χ3v) is 3.17. The maximum atomic E-state index is 11.6. The molecule has 4 nitrogen and oxygen atoms in total. The summed E-state index contributed by atoms with van der Waals surface area (Å²) in [4.78, 5) is 4.29. The fourth-order valence-corrected chi connectivity index (χ4v) is 2.07. The highest BCUT2D eigenvalue weighted by atomic mass is 32.2. The lowest BCUT2D eigenvalue weighted by atomic mass is 10.2. The summed E-state index contributed by atoms with van der Waals surface area (Å²) in [6, 6.07) is 9.66. The van der Waals surface area contributed by atoms with Crippen molar-refractivity contribution >= 4 is 17.3 Å². The van der Waals surface area contributed by atoms with Crippen molar-refractivity contribution in [3.63, 3.8) is 0 Å². The Bertz CT molecular complexity index is 549. The zero-order chi connectivity index (χ0) is 12.3. The number of benzene rings is 1. The van der Waals surface area contributed by atoms with Crippen LogP contribution >= 0.6 is 0 Å². The van der Waals surface area contributed by atoms with Gasteiger partial charge in [-0.3, -0.25) is 8.75 Å². The average molecular weight is 248 g/mol. The van der Waals surface area contributed by atoms with Gasteiger partial charge in [0, 0.05) is 18.0 Å². The van der Waals surface area contributed by atoms with Gasteiger partial charge in [-0.15, -0.1) is 0 Å². The quantitative estimate of drug-likeness (QED) is 0.834. The van der Waals surface area contributed by atoms with Gasteiger partial charge < -0.3 is 0 Å². The first kappa shape index (κ1) is 11.8. The molecule has 0 fully saturated rings. The molecule has 2 rings (SSSR count). The SMILES string of the molecule is C=Cn1cc(-c2ccccc2)nc1S(=O)OC. The van der Waals surface area contributed by atoms with Crippen molar-refractivity contribution in [1.29, 1.82) is 0 Å². The summed E-state index contributed by atoms with van der Waals surface area (Å²) in [6.45, 7) is 3.65. The fourth-order valence-electron chi connectivity index (χ4n) is 1.45. The number of hydrogen-bond donors (Lipinski definition) is 0.